The first-order valence-electron chi connectivity index (χ1n) is 22.0. The van der Waals surface area contributed by atoms with Crippen LogP contribution in [0.2, 0.25) is 10.0 Å². The van der Waals surface area contributed by atoms with Crippen molar-refractivity contribution in [1.29, 1.82) is 0 Å². The molecule has 4 aromatic carbocycles. The number of rotatable bonds is 16. The molecule has 0 fully saturated rings. The largest absolute Gasteiger partial charge is 0.481 e. The summed E-state index contributed by atoms with van der Waals surface area (Å²) in [4.78, 5) is 84.5. The molecule has 6 aromatic rings. The van der Waals surface area contributed by atoms with Gasteiger partial charge >= 0.3 is 36.2 Å². The molecule has 74 heavy (non-hydrogen) atoms. The van der Waals surface area contributed by atoms with Gasteiger partial charge in [0.1, 0.15) is 42.1 Å². The fraction of sp³-hybridized carbons (Fsp3) is 0.280. The van der Waals surface area contributed by atoms with Gasteiger partial charge in [-0.15, -0.1) is 0 Å². The van der Waals surface area contributed by atoms with Crippen molar-refractivity contribution in [2.24, 2.45) is 0 Å². The summed E-state index contributed by atoms with van der Waals surface area (Å²) in [7, 11) is 2.81. The van der Waals surface area contributed by atoms with Gasteiger partial charge in [0.25, 0.3) is 0 Å². The number of aliphatic carboxylic acids is 1. The molecular formula is C50H56Cl2F2N8O10S2. The maximum absolute atomic E-state index is 13.7. The van der Waals surface area contributed by atoms with E-state index in [1.807, 2.05) is 48.5 Å². The number of nitrogens with zero attached hydrogens (tertiary/aromatic N) is 4. The Morgan fingerprint density at radius 2 is 1.01 bits per heavy atom. The Bertz CT molecular complexity index is 2920. The summed E-state index contributed by atoms with van der Waals surface area (Å²) in [6, 6.07) is 23.8. The minimum atomic E-state index is -1.18. The Balaban J connectivity index is 0.000000382. The Kier molecular flexibility index (Phi) is 23.9. The van der Waals surface area contributed by atoms with E-state index < -0.39 is 71.9 Å². The Morgan fingerprint density at radius 1 is 0.622 bits per heavy atom. The van der Waals surface area contributed by atoms with Crippen LogP contribution >= 0.6 is 50.2 Å². The van der Waals surface area contributed by atoms with Crippen molar-refractivity contribution >= 4 is 120 Å². The van der Waals surface area contributed by atoms with Crippen LogP contribution in [0.25, 0.3) is 21.5 Å². The lowest BCUT2D eigenvalue weighted by Crippen LogP contribution is -2.47. The van der Waals surface area contributed by atoms with Crippen LogP contribution in [0, 0.1) is 11.6 Å². The van der Waals surface area contributed by atoms with Crippen molar-refractivity contribution in [3.8, 4) is 0 Å². The molecule has 0 aliphatic heterocycles. The number of ether oxygens (including phenoxy) is 3. The van der Waals surface area contributed by atoms with E-state index in [4.69, 9.17) is 37.4 Å². The molecule has 0 radical (unpaired) electrons. The lowest BCUT2D eigenvalue weighted by atomic mass is 10.1. The molecule has 396 valence electrons. The van der Waals surface area contributed by atoms with E-state index in [1.165, 1.54) is 43.3 Å². The zero-order chi connectivity index (χ0) is 52.5. The number of fused-ring (bicyclic) bond motifs is 2. The zero-order valence-corrected chi connectivity index (χ0v) is 44.2. The van der Waals surface area contributed by atoms with Gasteiger partial charge in [-0.1, -0.05) is 96.0 Å². The van der Waals surface area contributed by atoms with E-state index in [-0.39, 0.29) is 81.4 Å². The van der Waals surface area contributed by atoms with E-state index in [2.05, 4.69) is 31.2 Å². The number of nitrogens with one attached hydrogen (secondary N) is 4. The molecule has 0 saturated carbocycles. The molecule has 5 N–H and O–H groups in total. The number of carbonyl (C=O) groups excluding carboxylic acids is 5. The lowest BCUT2D eigenvalue weighted by molar-refractivity contribution is -0.156. The summed E-state index contributed by atoms with van der Waals surface area (Å²) in [5.74, 6) is -2.43. The number of pyridine rings is 2. The Hall–Kier alpha value is -7.14. The molecule has 0 aliphatic rings. The van der Waals surface area contributed by atoms with Crippen molar-refractivity contribution in [3.05, 3.63) is 142 Å². The first-order valence-corrected chi connectivity index (χ1v) is 22.8. The van der Waals surface area contributed by atoms with Gasteiger partial charge in [-0.3, -0.25) is 20.2 Å². The highest BCUT2D eigenvalue weighted by atomic mass is 35.5. The fourth-order valence-corrected chi connectivity index (χ4v) is 7.00. The molecule has 6 rings (SSSR count). The van der Waals surface area contributed by atoms with E-state index in [9.17, 15) is 42.7 Å². The maximum Gasteiger partial charge on any atom is 0.412 e. The number of urea groups is 2. The Labute approximate surface area is 449 Å². The van der Waals surface area contributed by atoms with Gasteiger partial charge in [0.05, 0.1) is 35.0 Å². The minimum absolute atomic E-state index is 0. The van der Waals surface area contributed by atoms with Gasteiger partial charge in [-0.25, -0.2) is 37.9 Å². The summed E-state index contributed by atoms with van der Waals surface area (Å²) in [5, 5.41) is 22.8. The van der Waals surface area contributed by atoms with Crippen LogP contribution in [0.4, 0.5) is 39.6 Å². The maximum atomic E-state index is 13.7. The summed E-state index contributed by atoms with van der Waals surface area (Å²) in [6.07, 6.45) is 0.872. The first kappa shape index (κ1) is 61.2. The number of carboxylic acid groups (broad SMARTS) is 1. The average Bonchev–Trinajstić information content (AvgIpc) is 3.33. The summed E-state index contributed by atoms with van der Waals surface area (Å²) < 4.78 is 43.1. The van der Waals surface area contributed by atoms with E-state index in [1.54, 1.807) is 57.4 Å². The standard InChI is InChI=1S/C27H30ClFN4O5.C23H22ClFN4O5.2H2S/c1-27(2,3)38-23(34)13-20(33(4)25(35)31-15-19-10-7-11-21(29)24(19)28)16-37-26(36)32-22-12-17-8-5-6-9-18(17)14-30-22;1-29(22(32)27-12-16-7-4-8-18(25)21(16)24)17(10-20(30)31)13-34-23(33)28-19-9-14-5-2-3-6-15(14)11-26-19;;/h5-12,14,20H,13,15-16H2,1-4H3,(H,31,35)(H,30,32,36);2-9,11,17H,10,12-13H2,1H3,(H,27,32)(H,30,31)(H,26,28,33);2*1H2/t20-;17-;;/m00../s1. The molecule has 0 aliphatic carbocycles. The van der Waals surface area contributed by atoms with Gasteiger partial charge in [-0.05, 0) is 66.9 Å². The van der Waals surface area contributed by atoms with Crippen LogP contribution in [-0.4, -0.2) is 106 Å². The van der Waals surface area contributed by atoms with Gasteiger partial charge in [0.2, 0.25) is 0 Å². The van der Waals surface area contributed by atoms with Gasteiger partial charge < -0.3 is 39.8 Å². The van der Waals surface area contributed by atoms with Gasteiger partial charge in [0, 0.05) is 50.4 Å². The van der Waals surface area contributed by atoms with E-state index >= 15 is 0 Å². The third kappa shape index (κ3) is 19.0. The number of aromatic nitrogens is 2. The van der Waals surface area contributed by atoms with Crippen LogP contribution in [0.5, 0.6) is 0 Å². The highest BCUT2D eigenvalue weighted by Gasteiger charge is 2.28. The fourth-order valence-electron chi connectivity index (χ4n) is 6.61. The highest BCUT2D eigenvalue weighted by molar-refractivity contribution is 7.59. The number of benzene rings is 4. The third-order valence-electron chi connectivity index (χ3n) is 10.4. The summed E-state index contributed by atoms with van der Waals surface area (Å²) in [6.45, 7) is 4.36. The second-order valence-electron chi connectivity index (χ2n) is 16.9. The monoisotopic (exact) mass is 1100 g/mol. The highest BCUT2D eigenvalue weighted by Crippen LogP contribution is 2.22. The van der Waals surface area contributed by atoms with Crippen LogP contribution in [0.1, 0.15) is 44.7 Å². The number of esters is 1. The van der Waals surface area contributed by atoms with Crippen molar-refractivity contribution in [1.82, 2.24) is 30.4 Å². The number of likely N-dealkylation sites (N-methyl/N-ethyl adjacent to an activating group) is 2. The number of anilines is 2. The normalized spacial score (nSPS) is 11.4. The molecule has 2 heterocycles. The number of carboxylic acids is 1. The minimum Gasteiger partial charge on any atom is -0.481 e. The van der Waals surface area contributed by atoms with Crippen molar-refractivity contribution in [3.63, 3.8) is 0 Å². The molecule has 6 amide bonds. The van der Waals surface area contributed by atoms with Crippen LogP contribution in [-0.2, 0) is 36.9 Å². The molecular weight excluding hydrogens is 1050 g/mol. The van der Waals surface area contributed by atoms with Crippen LogP contribution in [0.3, 0.4) is 0 Å². The molecule has 18 nitrogen and oxygen atoms in total. The van der Waals surface area contributed by atoms with Crippen molar-refractivity contribution in [2.45, 2.75) is 64.4 Å². The molecule has 0 bridgehead atoms. The summed E-state index contributed by atoms with van der Waals surface area (Å²) >= 11 is 11.8. The second kappa shape index (κ2) is 28.9. The zero-order valence-electron chi connectivity index (χ0n) is 40.7. The predicted molar refractivity (Wildman–Crippen MR) is 287 cm³/mol. The van der Waals surface area contributed by atoms with Crippen LogP contribution < -0.4 is 21.3 Å². The van der Waals surface area contributed by atoms with E-state index in [0.717, 1.165) is 26.4 Å². The first-order chi connectivity index (χ1) is 34.2. The number of hydrogen-bond donors (Lipinski definition) is 5. The smallest absolute Gasteiger partial charge is 0.412 e. The van der Waals surface area contributed by atoms with Gasteiger partial charge in [-0.2, -0.15) is 27.0 Å². The third-order valence-corrected chi connectivity index (χ3v) is 11.3. The van der Waals surface area contributed by atoms with Crippen LogP contribution in [0.15, 0.2) is 109 Å². The number of halogens is 4. The topological polar surface area (TPSA) is 231 Å². The second-order valence-corrected chi connectivity index (χ2v) is 17.7. The predicted octanol–water partition coefficient (Wildman–Crippen LogP) is 10.0. The lowest BCUT2D eigenvalue weighted by Gasteiger charge is -2.29. The van der Waals surface area contributed by atoms with Gasteiger partial charge in [0.15, 0.2) is 0 Å². The molecule has 2 atom stereocenters. The quantitative estimate of drug-likeness (QED) is 0.0450. The molecule has 0 saturated heterocycles. The number of carbonyl (C=O) groups is 6. The number of hydrogen-bond acceptors (Lipinski definition) is 11. The molecule has 0 unspecified atom stereocenters. The average molecular weight is 1100 g/mol. The van der Waals surface area contributed by atoms with Crippen molar-refractivity contribution in [2.75, 3.05) is 37.9 Å². The van der Waals surface area contributed by atoms with E-state index in [0.29, 0.717) is 11.1 Å². The SMILES string of the molecule is CN(C(=O)NCc1cccc(F)c1Cl)[C@H](COC(=O)Nc1cc2ccccc2cn1)CC(=O)O.CN(C(=O)NCc1cccc(F)c1Cl)[C@H](COC(=O)Nc1cc2ccccc2cn1)CC(=O)OC(C)(C)C.S.S. The number of amides is 6. The Morgan fingerprint density at radius 3 is 1.41 bits per heavy atom. The molecule has 0 spiro atoms. The molecule has 2 aromatic heterocycles. The van der Waals surface area contributed by atoms with Crippen molar-refractivity contribution < 1.29 is 56.9 Å². The summed E-state index contributed by atoms with van der Waals surface area (Å²) in [5.41, 5.74) is 0.00340. The molecule has 24 heteroatoms.